The third-order valence-corrected chi connectivity index (χ3v) is 3.83. The molecule has 2 amide bonds. The Hall–Kier alpha value is -3.68. The van der Waals surface area contributed by atoms with Gasteiger partial charge in [0.2, 0.25) is 11.7 Å². The van der Waals surface area contributed by atoms with Crippen molar-refractivity contribution in [1.29, 1.82) is 0 Å². The number of esters is 1. The van der Waals surface area contributed by atoms with Gasteiger partial charge in [0, 0.05) is 23.4 Å². The van der Waals surface area contributed by atoms with E-state index in [4.69, 9.17) is 9.26 Å². The summed E-state index contributed by atoms with van der Waals surface area (Å²) in [5, 5.41) is 9.36. The van der Waals surface area contributed by atoms with Gasteiger partial charge in [0.1, 0.15) is 0 Å². The number of nitrogens with zero attached hydrogens (tertiary/aromatic N) is 2. The number of hydrogen-bond acceptors (Lipinski definition) is 6. The lowest BCUT2D eigenvalue weighted by Crippen LogP contribution is -2.19. The summed E-state index contributed by atoms with van der Waals surface area (Å²) in [6.07, 6.45) is 0.674. The van der Waals surface area contributed by atoms with Crippen LogP contribution in [-0.2, 0) is 11.2 Å². The third kappa shape index (κ3) is 4.73. The van der Waals surface area contributed by atoms with Crippen molar-refractivity contribution < 1.29 is 18.8 Å². The Kier molecular flexibility index (Phi) is 6.01. The summed E-state index contributed by atoms with van der Waals surface area (Å²) in [5.41, 5.74) is 2.39. The molecule has 2 aromatic carbocycles. The first-order valence-corrected chi connectivity index (χ1v) is 8.87. The highest BCUT2D eigenvalue weighted by Gasteiger charge is 2.09. The first-order valence-electron chi connectivity index (χ1n) is 8.87. The fourth-order valence-electron chi connectivity index (χ4n) is 2.42. The van der Waals surface area contributed by atoms with Crippen molar-refractivity contribution in [2.45, 2.75) is 20.3 Å². The standard InChI is InChI=1S/C20H20N4O4/c1-3-17-23-18(24-28-17)13-5-9-15(10-6-13)21-20(26)22-16-11-7-14(8-12-16)19(25)27-4-2/h5-12H,3-4H2,1-2H3,(H2,21,22,26). The molecule has 8 nitrogen and oxygen atoms in total. The monoisotopic (exact) mass is 380 g/mol. The largest absolute Gasteiger partial charge is 0.462 e. The van der Waals surface area contributed by atoms with Crippen LogP contribution in [0.15, 0.2) is 53.1 Å². The van der Waals surface area contributed by atoms with E-state index in [2.05, 4.69) is 20.8 Å². The molecule has 0 spiro atoms. The maximum absolute atomic E-state index is 12.1. The molecule has 0 aliphatic heterocycles. The van der Waals surface area contributed by atoms with Crippen LogP contribution >= 0.6 is 0 Å². The number of hydrogen-bond donors (Lipinski definition) is 2. The molecule has 0 saturated heterocycles. The van der Waals surface area contributed by atoms with Gasteiger partial charge < -0.3 is 19.9 Å². The Labute approximate surface area is 161 Å². The van der Waals surface area contributed by atoms with Gasteiger partial charge in [-0.15, -0.1) is 0 Å². The van der Waals surface area contributed by atoms with Crippen molar-refractivity contribution in [3.05, 3.63) is 60.0 Å². The Morgan fingerprint density at radius 1 is 0.964 bits per heavy atom. The summed E-state index contributed by atoms with van der Waals surface area (Å²) in [6, 6.07) is 13.2. The lowest BCUT2D eigenvalue weighted by molar-refractivity contribution is 0.0526. The van der Waals surface area contributed by atoms with E-state index in [1.54, 1.807) is 55.5 Å². The maximum atomic E-state index is 12.1. The topological polar surface area (TPSA) is 106 Å². The van der Waals surface area contributed by atoms with Crippen LogP contribution in [0.2, 0.25) is 0 Å². The number of aryl methyl sites for hydroxylation is 1. The summed E-state index contributed by atoms with van der Waals surface area (Å²) in [5.74, 6) is 0.686. The molecule has 28 heavy (non-hydrogen) atoms. The van der Waals surface area contributed by atoms with Gasteiger partial charge in [-0.3, -0.25) is 0 Å². The van der Waals surface area contributed by atoms with E-state index in [0.29, 0.717) is 41.7 Å². The molecule has 0 unspecified atom stereocenters. The first kappa shape index (κ1) is 19.1. The molecule has 0 bridgehead atoms. The smallest absolute Gasteiger partial charge is 0.338 e. The minimum Gasteiger partial charge on any atom is -0.462 e. The SMILES string of the molecule is CCOC(=O)c1ccc(NC(=O)Nc2ccc(-c3noc(CC)n3)cc2)cc1. The molecule has 2 N–H and O–H groups in total. The first-order chi connectivity index (χ1) is 13.6. The molecule has 0 atom stereocenters. The van der Waals surface area contributed by atoms with Crippen LogP contribution in [0.5, 0.6) is 0 Å². The average molecular weight is 380 g/mol. The number of benzene rings is 2. The van der Waals surface area contributed by atoms with Crippen molar-refractivity contribution in [1.82, 2.24) is 10.1 Å². The number of ether oxygens (including phenoxy) is 1. The van der Waals surface area contributed by atoms with Gasteiger partial charge in [0.25, 0.3) is 0 Å². The number of rotatable bonds is 6. The highest BCUT2D eigenvalue weighted by molar-refractivity contribution is 6.00. The zero-order valence-electron chi connectivity index (χ0n) is 15.6. The lowest BCUT2D eigenvalue weighted by Gasteiger charge is -2.08. The van der Waals surface area contributed by atoms with Crippen molar-refractivity contribution in [2.75, 3.05) is 17.2 Å². The Bertz CT molecular complexity index is 949. The van der Waals surface area contributed by atoms with E-state index in [1.165, 1.54) is 0 Å². The molecule has 0 aliphatic carbocycles. The third-order valence-electron chi connectivity index (χ3n) is 3.83. The number of carbonyl (C=O) groups excluding carboxylic acids is 2. The molecule has 0 aliphatic rings. The van der Waals surface area contributed by atoms with Crippen LogP contribution in [-0.4, -0.2) is 28.7 Å². The van der Waals surface area contributed by atoms with Gasteiger partial charge in [-0.25, -0.2) is 9.59 Å². The Morgan fingerprint density at radius 3 is 2.11 bits per heavy atom. The molecule has 144 valence electrons. The zero-order chi connectivity index (χ0) is 19.9. The molecule has 8 heteroatoms. The number of carbonyl (C=O) groups is 2. The summed E-state index contributed by atoms with van der Waals surface area (Å²) in [7, 11) is 0. The Balaban J connectivity index is 1.58. The molecule has 0 radical (unpaired) electrons. The van der Waals surface area contributed by atoms with E-state index >= 15 is 0 Å². The molecule has 3 aromatic rings. The van der Waals surface area contributed by atoms with Gasteiger partial charge in [0.15, 0.2) is 0 Å². The molecular weight excluding hydrogens is 360 g/mol. The predicted molar refractivity (Wildman–Crippen MR) is 104 cm³/mol. The van der Waals surface area contributed by atoms with E-state index in [-0.39, 0.29) is 0 Å². The van der Waals surface area contributed by atoms with Gasteiger partial charge in [0.05, 0.1) is 12.2 Å². The van der Waals surface area contributed by atoms with Crippen LogP contribution in [0.25, 0.3) is 11.4 Å². The molecule has 3 rings (SSSR count). The number of nitrogens with one attached hydrogen (secondary N) is 2. The van der Waals surface area contributed by atoms with Crippen LogP contribution < -0.4 is 10.6 Å². The van der Waals surface area contributed by atoms with Crippen LogP contribution in [0.1, 0.15) is 30.1 Å². The van der Waals surface area contributed by atoms with Crippen molar-refractivity contribution in [3.63, 3.8) is 0 Å². The summed E-state index contributed by atoms with van der Waals surface area (Å²) < 4.78 is 10.0. The Morgan fingerprint density at radius 2 is 1.57 bits per heavy atom. The second-order valence-electron chi connectivity index (χ2n) is 5.82. The normalized spacial score (nSPS) is 10.4. The van der Waals surface area contributed by atoms with E-state index in [1.807, 2.05) is 6.92 Å². The fourth-order valence-corrected chi connectivity index (χ4v) is 2.42. The van der Waals surface area contributed by atoms with E-state index < -0.39 is 12.0 Å². The minimum absolute atomic E-state index is 0.312. The summed E-state index contributed by atoms with van der Waals surface area (Å²) >= 11 is 0. The predicted octanol–water partition coefficient (Wildman–Crippen LogP) is 4.12. The summed E-state index contributed by atoms with van der Waals surface area (Å²) in [6.45, 7) is 4.00. The quantitative estimate of drug-likeness (QED) is 0.623. The highest BCUT2D eigenvalue weighted by atomic mass is 16.5. The second-order valence-corrected chi connectivity index (χ2v) is 5.82. The number of aromatic nitrogens is 2. The molecule has 1 aromatic heterocycles. The van der Waals surface area contributed by atoms with Crippen molar-refractivity contribution >= 4 is 23.4 Å². The van der Waals surface area contributed by atoms with Gasteiger partial charge in [-0.2, -0.15) is 4.98 Å². The highest BCUT2D eigenvalue weighted by Crippen LogP contribution is 2.19. The molecule has 0 fully saturated rings. The van der Waals surface area contributed by atoms with Gasteiger partial charge in [-0.1, -0.05) is 12.1 Å². The van der Waals surface area contributed by atoms with E-state index in [0.717, 1.165) is 5.56 Å². The summed E-state index contributed by atoms with van der Waals surface area (Å²) in [4.78, 5) is 28.0. The van der Waals surface area contributed by atoms with Crippen molar-refractivity contribution in [3.8, 4) is 11.4 Å². The van der Waals surface area contributed by atoms with Crippen LogP contribution in [0.4, 0.5) is 16.2 Å². The van der Waals surface area contributed by atoms with E-state index in [9.17, 15) is 9.59 Å². The minimum atomic E-state index is -0.399. The fraction of sp³-hybridized carbons (Fsp3) is 0.200. The van der Waals surface area contributed by atoms with Gasteiger partial charge in [-0.05, 0) is 55.5 Å². The molecule has 0 saturated carbocycles. The number of urea groups is 1. The number of amides is 2. The number of anilines is 2. The molecule has 1 heterocycles. The van der Waals surface area contributed by atoms with Gasteiger partial charge >= 0.3 is 12.0 Å². The van der Waals surface area contributed by atoms with Crippen molar-refractivity contribution in [2.24, 2.45) is 0 Å². The average Bonchev–Trinajstić information content (AvgIpc) is 3.18. The second kappa shape index (κ2) is 8.81. The lowest BCUT2D eigenvalue weighted by atomic mass is 10.2. The molecular formula is C20H20N4O4. The van der Waals surface area contributed by atoms with Crippen LogP contribution in [0, 0.1) is 0 Å². The zero-order valence-corrected chi connectivity index (χ0v) is 15.6. The van der Waals surface area contributed by atoms with Crippen LogP contribution in [0.3, 0.4) is 0 Å². The maximum Gasteiger partial charge on any atom is 0.338 e.